The monoisotopic (exact) mass is 381 g/mol. The van der Waals surface area contributed by atoms with E-state index in [2.05, 4.69) is 9.84 Å². The fraction of sp³-hybridized carbons (Fsp3) is 0.579. The van der Waals surface area contributed by atoms with Gasteiger partial charge in [0.15, 0.2) is 0 Å². The van der Waals surface area contributed by atoms with E-state index in [0.717, 1.165) is 30.3 Å². The molecule has 8 heteroatoms. The highest BCUT2D eigenvalue weighted by atomic mass is 19.3. The molecule has 0 unspecified atom stereocenters. The first-order valence-electron chi connectivity index (χ1n) is 9.10. The summed E-state index contributed by atoms with van der Waals surface area (Å²) in [5.74, 6) is 0.327. The fourth-order valence-electron chi connectivity index (χ4n) is 3.03. The van der Waals surface area contributed by atoms with E-state index in [0.29, 0.717) is 19.0 Å². The van der Waals surface area contributed by atoms with Crippen molar-refractivity contribution < 1.29 is 23.1 Å². The van der Waals surface area contributed by atoms with E-state index in [1.54, 1.807) is 17.2 Å². The van der Waals surface area contributed by atoms with Crippen molar-refractivity contribution in [3.05, 3.63) is 24.4 Å². The van der Waals surface area contributed by atoms with E-state index in [1.807, 2.05) is 31.6 Å². The molecule has 0 spiro atoms. The molecule has 2 heterocycles. The summed E-state index contributed by atoms with van der Waals surface area (Å²) in [4.78, 5) is 17.4. The van der Waals surface area contributed by atoms with Gasteiger partial charge >= 0.3 is 12.6 Å². The maximum atomic E-state index is 12.3. The summed E-state index contributed by atoms with van der Waals surface area (Å²) < 4.78 is 30.9. The normalized spacial score (nSPS) is 16.8. The standard InChI is InChI=1S/C19H25F2N3O3/c1-19(2,3)17(25)27-24-8-6-13(7-9-24)11-23-12-14-10-15(26-18(20)21)4-5-16(14)22-23/h4-5,10,12-13,18H,6-9,11H2,1-3H3. The molecule has 0 aliphatic carbocycles. The summed E-state index contributed by atoms with van der Waals surface area (Å²) in [5.41, 5.74) is 0.229. The molecule has 27 heavy (non-hydrogen) atoms. The van der Waals surface area contributed by atoms with Crippen molar-refractivity contribution in [1.29, 1.82) is 0 Å². The Morgan fingerprint density at radius 3 is 2.63 bits per heavy atom. The number of piperidine rings is 1. The van der Waals surface area contributed by atoms with Crippen molar-refractivity contribution in [3.8, 4) is 5.75 Å². The number of alkyl halides is 2. The highest BCUT2D eigenvalue weighted by Gasteiger charge is 2.28. The number of aromatic nitrogens is 2. The third-order valence-corrected chi connectivity index (χ3v) is 4.59. The van der Waals surface area contributed by atoms with Crippen molar-refractivity contribution in [2.24, 2.45) is 11.3 Å². The van der Waals surface area contributed by atoms with Crippen LogP contribution in [-0.2, 0) is 16.2 Å². The summed E-state index contributed by atoms with van der Waals surface area (Å²) in [6, 6.07) is 4.74. The van der Waals surface area contributed by atoms with Crippen LogP contribution in [0.25, 0.3) is 10.9 Å². The Balaban J connectivity index is 1.55. The van der Waals surface area contributed by atoms with Crippen molar-refractivity contribution in [3.63, 3.8) is 0 Å². The minimum Gasteiger partial charge on any atom is -0.435 e. The molecule has 1 aliphatic rings. The van der Waals surface area contributed by atoms with Crippen molar-refractivity contribution in [2.75, 3.05) is 13.1 Å². The average Bonchev–Trinajstić information content (AvgIpc) is 2.96. The second-order valence-electron chi connectivity index (χ2n) is 7.95. The molecule has 0 N–H and O–H groups in total. The summed E-state index contributed by atoms with van der Waals surface area (Å²) in [6.45, 7) is 4.79. The highest BCUT2D eigenvalue weighted by molar-refractivity contribution is 5.79. The maximum Gasteiger partial charge on any atom is 0.387 e. The first kappa shape index (κ1) is 19.5. The van der Waals surface area contributed by atoms with Gasteiger partial charge < -0.3 is 9.57 Å². The summed E-state index contributed by atoms with van der Waals surface area (Å²) >= 11 is 0. The van der Waals surface area contributed by atoms with Crippen LogP contribution in [0.1, 0.15) is 33.6 Å². The third-order valence-electron chi connectivity index (χ3n) is 4.59. The Bertz CT molecular complexity index is 793. The number of carbonyl (C=O) groups is 1. The summed E-state index contributed by atoms with van der Waals surface area (Å²) in [6.07, 6.45) is 3.64. The van der Waals surface area contributed by atoms with Crippen LogP contribution in [-0.4, -0.2) is 40.5 Å². The van der Waals surface area contributed by atoms with Gasteiger partial charge in [0, 0.05) is 31.2 Å². The van der Waals surface area contributed by atoms with Crippen LogP contribution >= 0.6 is 0 Å². The molecule has 1 fully saturated rings. The molecule has 3 rings (SSSR count). The lowest BCUT2D eigenvalue weighted by atomic mass is 9.97. The van der Waals surface area contributed by atoms with Crippen LogP contribution in [0.2, 0.25) is 0 Å². The Hall–Kier alpha value is -2.22. The number of fused-ring (bicyclic) bond motifs is 1. The lowest BCUT2D eigenvalue weighted by Gasteiger charge is -2.32. The van der Waals surface area contributed by atoms with Crippen molar-refractivity contribution >= 4 is 16.9 Å². The van der Waals surface area contributed by atoms with Gasteiger partial charge in [-0.3, -0.25) is 4.68 Å². The number of hydroxylamine groups is 2. The number of nitrogens with zero attached hydrogens (tertiary/aromatic N) is 3. The Morgan fingerprint density at radius 2 is 2.00 bits per heavy atom. The van der Waals surface area contributed by atoms with Crippen LogP contribution in [0.3, 0.4) is 0 Å². The first-order valence-corrected chi connectivity index (χ1v) is 9.10. The zero-order chi connectivity index (χ0) is 19.6. The molecular weight excluding hydrogens is 356 g/mol. The number of hydrogen-bond acceptors (Lipinski definition) is 5. The second kappa shape index (κ2) is 7.80. The SMILES string of the molecule is CC(C)(C)C(=O)ON1CCC(Cn2cc3cc(OC(F)F)ccc3n2)CC1. The fourth-order valence-corrected chi connectivity index (χ4v) is 3.03. The van der Waals surface area contributed by atoms with Gasteiger partial charge in [-0.15, -0.1) is 5.06 Å². The van der Waals surface area contributed by atoms with Gasteiger partial charge in [-0.05, 0) is 57.7 Å². The molecule has 0 atom stereocenters. The number of rotatable bonds is 5. The van der Waals surface area contributed by atoms with Gasteiger partial charge in [0.2, 0.25) is 0 Å². The number of carbonyl (C=O) groups excluding carboxylic acids is 1. The minimum absolute atomic E-state index is 0.131. The third kappa shape index (κ3) is 5.15. The number of halogens is 2. The lowest BCUT2D eigenvalue weighted by molar-refractivity contribution is -0.206. The van der Waals surface area contributed by atoms with Crippen LogP contribution in [0.4, 0.5) is 8.78 Å². The highest BCUT2D eigenvalue weighted by Crippen LogP contribution is 2.25. The van der Waals surface area contributed by atoms with Crippen LogP contribution in [0.15, 0.2) is 24.4 Å². The number of ether oxygens (including phenoxy) is 1. The molecule has 1 aliphatic heterocycles. The van der Waals surface area contributed by atoms with Crippen LogP contribution in [0, 0.1) is 11.3 Å². The first-order chi connectivity index (χ1) is 12.7. The Morgan fingerprint density at radius 1 is 1.30 bits per heavy atom. The van der Waals surface area contributed by atoms with E-state index in [1.165, 1.54) is 6.07 Å². The zero-order valence-corrected chi connectivity index (χ0v) is 15.8. The van der Waals surface area contributed by atoms with Crippen molar-refractivity contribution in [2.45, 2.75) is 46.8 Å². The van der Waals surface area contributed by atoms with Gasteiger partial charge in [0.05, 0.1) is 10.9 Å². The maximum absolute atomic E-state index is 12.3. The zero-order valence-electron chi connectivity index (χ0n) is 15.8. The van der Waals surface area contributed by atoms with Crippen molar-refractivity contribution in [1.82, 2.24) is 14.8 Å². The van der Waals surface area contributed by atoms with Crippen LogP contribution in [0.5, 0.6) is 5.75 Å². The quantitative estimate of drug-likeness (QED) is 0.787. The molecule has 0 radical (unpaired) electrons. The largest absolute Gasteiger partial charge is 0.435 e. The molecule has 0 amide bonds. The molecule has 0 saturated carbocycles. The predicted octanol–water partition coefficient (Wildman–Crippen LogP) is 3.85. The van der Waals surface area contributed by atoms with Gasteiger partial charge in [-0.1, -0.05) is 0 Å². The Kier molecular flexibility index (Phi) is 5.64. The molecule has 148 valence electrons. The van der Waals surface area contributed by atoms with E-state index in [-0.39, 0.29) is 11.7 Å². The van der Waals surface area contributed by atoms with Gasteiger partial charge in [0.1, 0.15) is 5.75 Å². The molecule has 6 nitrogen and oxygen atoms in total. The van der Waals surface area contributed by atoms with E-state index >= 15 is 0 Å². The molecular formula is C19H25F2N3O3. The number of benzene rings is 1. The van der Waals surface area contributed by atoms with Gasteiger partial charge in [-0.25, -0.2) is 4.79 Å². The smallest absolute Gasteiger partial charge is 0.387 e. The topological polar surface area (TPSA) is 56.6 Å². The summed E-state index contributed by atoms with van der Waals surface area (Å²) in [7, 11) is 0. The number of hydrogen-bond donors (Lipinski definition) is 0. The predicted molar refractivity (Wildman–Crippen MR) is 96.2 cm³/mol. The molecule has 1 aromatic carbocycles. The molecule has 0 bridgehead atoms. The summed E-state index contributed by atoms with van der Waals surface area (Å²) in [5, 5.41) is 7.00. The average molecular weight is 381 g/mol. The Labute approximate surface area is 157 Å². The second-order valence-corrected chi connectivity index (χ2v) is 7.95. The van der Waals surface area contributed by atoms with E-state index < -0.39 is 12.0 Å². The molecule has 2 aromatic rings. The molecule has 1 saturated heterocycles. The van der Waals surface area contributed by atoms with Gasteiger partial charge in [0.25, 0.3) is 0 Å². The minimum atomic E-state index is -2.84. The molecule has 1 aromatic heterocycles. The van der Waals surface area contributed by atoms with Crippen LogP contribution < -0.4 is 4.74 Å². The van der Waals surface area contributed by atoms with E-state index in [9.17, 15) is 13.6 Å². The van der Waals surface area contributed by atoms with E-state index in [4.69, 9.17) is 4.84 Å². The lowest BCUT2D eigenvalue weighted by Crippen LogP contribution is -2.39. The van der Waals surface area contributed by atoms with Gasteiger partial charge in [-0.2, -0.15) is 13.9 Å².